The third kappa shape index (κ3) is 20.1. The van der Waals surface area contributed by atoms with E-state index in [4.69, 9.17) is 25.7 Å². The van der Waals surface area contributed by atoms with Crippen LogP contribution in [0.25, 0.3) is 21.1 Å². The van der Waals surface area contributed by atoms with Gasteiger partial charge in [0.05, 0.1) is 30.5 Å². The standard InChI is InChI=1S/C63H88N12O17S.2ClH/c1-34-31-75-53(54(34)82)59(87)67-49(81)17-15-43(66-55(83)38-7-9-39(10-8-38)60-71-72-61(93-60)40-11-13-41(14-12-40)73-23-19-36(20-24-73)33-91-26-5-4-25-90-3)56(84)68-50(35(2)76)62(88)74-32-42(77)30-44(74)57(85)69-51(58(86)70-52(63(75)89)46(79)18-21-64)47(80)28-37-6-16-45(78)48(29-37)92-27-22-65;;/h6-14,16,29,34-36,42-44,46-47,49-54,76-82H,4-5,15,17-28,30-33,64-65H2,1-3H3,(H,66,83)(H,67,87)(H,68,84)(H,69,85)(H,70,86);2*1H/t34-,35+,42+,43-,44-,46+,47+,49+,50-,51-,52-,53-,54-;;/m0../s1. The van der Waals surface area contributed by atoms with E-state index in [9.17, 15) is 69.3 Å². The molecule has 5 heterocycles. The Balaban J connectivity index is 0.00000714. The monoisotopic (exact) mass is 1390 g/mol. The average molecular weight is 1390 g/mol. The topological polar surface area (TPSA) is 436 Å². The molecule has 3 aromatic carbocycles. The second-order valence-corrected chi connectivity index (χ2v) is 25.2. The lowest BCUT2D eigenvalue weighted by Crippen LogP contribution is -2.64. The molecule has 7 amide bonds. The average Bonchev–Trinajstić information content (AvgIpc) is 1.68. The lowest BCUT2D eigenvalue weighted by molar-refractivity contribution is -0.147. The molecule has 13 atom stereocenters. The van der Waals surface area contributed by atoms with Gasteiger partial charge in [-0.05, 0) is 118 Å². The molecule has 95 heavy (non-hydrogen) atoms. The van der Waals surface area contributed by atoms with Crippen molar-refractivity contribution in [1.29, 1.82) is 0 Å². The number of phenols is 1. The number of aromatic nitrogens is 2. The van der Waals surface area contributed by atoms with E-state index in [1.54, 1.807) is 19.2 Å². The van der Waals surface area contributed by atoms with Gasteiger partial charge in [0.1, 0.15) is 59.1 Å². The van der Waals surface area contributed by atoms with Crippen molar-refractivity contribution in [3.63, 3.8) is 0 Å². The number of fused-ring (bicyclic) bond motifs is 2. The van der Waals surface area contributed by atoms with Crippen LogP contribution in [0.1, 0.15) is 81.1 Å². The van der Waals surface area contributed by atoms with Gasteiger partial charge in [-0.15, -0.1) is 35.0 Å². The molecule has 4 fully saturated rings. The molecule has 4 saturated heterocycles. The van der Waals surface area contributed by atoms with Crippen LogP contribution in [0.15, 0.2) is 66.7 Å². The number of nitrogens with one attached hydrogen (secondary N) is 5. The van der Waals surface area contributed by atoms with Gasteiger partial charge in [-0.25, -0.2) is 0 Å². The van der Waals surface area contributed by atoms with Crippen LogP contribution in [0.5, 0.6) is 11.5 Å². The number of aromatic hydroxyl groups is 1. The minimum atomic E-state index is -2.05. The Kier molecular flexibility index (Phi) is 29.6. The SMILES string of the molecule is COCCCCOCC1CCN(c2ccc(-c3nnc(-c4ccc(C(=O)N[C@H]5CC[C@@H](O)NC(=O)[C@@H]6[C@@H](O)[C@@H](C)CN6C(=O)[C@H]([C@H](O)CCN)NC(=O)[C@H]([C@H](O)Cc6ccc(O)c(OCCN)c6)NC(=O)[C@@H]6C[C@@H](O)CN6C(=O)[C@H]([C@@H](C)O)NC5=O)cc4)s3)cc2)CC1.Cl.Cl. The summed E-state index contributed by atoms with van der Waals surface area (Å²) in [5, 5.41) is 101. The summed E-state index contributed by atoms with van der Waals surface area (Å²) >= 11 is 1.34. The molecule has 4 aliphatic heterocycles. The number of ether oxygens (including phenoxy) is 3. The zero-order valence-electron chi connectivity index (χ0n) is 53.2. The highest BCUT2D eigenvalue weighted by Gasteiger charge is 2.50. The molecule has 4 aliphatic rings. The smallest absolute Gasteiger partial charge is 0.251 e. The van der Waals surface area contributed by atoms with E-state index in [1.807, 2.05) is 12.1 Å². The molecular formula is C63H90Cl2N12O17S. The second-order valence-electron chi connectivity index (χ2n) is 24.2. The number of nitrogens with two attached hydrogens (primary N) is 2. The fraction of sp³-hybridized carbons (Fsp3) is 0.571. The Labute approximate surface area is 566 Å². The summed E-state index contributed by atoms with van der Waals surface area (Å²) in [6.45, 7) is 5.78. The molecule has 0 saturated carbocycles. The lowest BCUT2D eigenvalue weighted by atomic mass is 9.97. The molecule has 29 nitrogen and oxygen atoms in total. The number of carbonyl (C=O) groups is 7. The molecule has 524 valence electrons. The van der Waals surface area contributed by atoms with Gasteiger partial charge in [0.15, 0.2) is 11.5 Å². The number of halogens is 2. The minimum Gasteiger partial charge on any atom is -0.504 e. The Bertz CT molecular complexity index is 3190. The first-order valence-corrected chi connectivity index (χ1v) is 32.3. The van der Waals surface area contributed by atoms with Crippen LogP contribution in [0.3, 0.4) is 0 Å². The number of rotatable bonds is 22. The van der Waals surface area contributed by atoms with Crippen LogP contribution in [-0.2, 0) is 44.7 Å². The van der Waals surface area contributed by atoms with Gasteiger partial charge in [-0.3, -0.25) is 33.6 Å². The number of unbranched alkanes of at least 4 members (excludes halogenated alkanes) is 1. The van der Waals surface area contributed by atoms with Crippen molar-refractivity contribution in [3.05, 3.63) is 77.9 Å². The number of hydrogen-bond donors (Lipinski definition) is 14. The van der Waals surface area contributed by atoms with Gasteiger partial charge < -0.3 is 103 Å². The van der Waals surface area contributed by atoms with E-state index in [0.29, 0.717) is 21.5 Å². The van der Waals surface area contributed by atoms with Crippen molar-refractivity contribution in [2.45, 2.75) is 145 Å². The number of aliphatic hydroxyl groups excluding tert-OH is 6. The van der Waals surface area contributed by atoms with Crippen LogP contribution < -0.4 is 47.7 Å². The summed E-state index contributed by atoms with van der Waals surface area (Å²) in [6, 6.07) is 7.48. The van der Waals surface area contributed by atoms with E-state index in [1.165, 1.54) is 48.6 Å². The number of piperidine rings is 1. The first-order valence-electron chi connectivity index (χ1n) is 31.5. The van der Waals surface area contributed by atoms with E-state index in [0.717, 1.165) is 86.6 Å². The summed E-state index contributed by atoms with van der Waals surface area (Å²) in [5.41, 5.74) is 14.3. The van der Waals surface area contributed by atoms with Gasteiger partial charge in [0.25, 0.3) is 5.91 Å². The van der Waals surface area contributed by atoms with Gasteiger partial charge >= 0.3 is 0 Å². The van der Waals surface area contributed by atoms with Gasteiger partial charge in [0, 0.05) is 101 Å². The van der Waals surface area contributed by atoms with Crippen LogP contribution >= 0.6 is 36.2 Å². The van der Waals surface area contributed by atoms with Crippen LogP contribution in [0, 0.1) is 11.8 Å². The molecule has 1 aromatic heterocycles. The van der Waals surface area contributed by atoms with Crippen molar-refractivity contribution in [1.82, 2.24) is 46.6 Å². The number of anilines is 1. The van der Waals surface area contributed by atoms with Crippen molar-refractivity contribution in [3.8, 4) is 32.6 Å². The number of phenolic OH excluding ortho intramolecular Hbond substituents is 1. The van der Waals surface area contributed by atoms with Gasteiger partial charge in [-0.2, -0.15) is 0 Å². The van der Waals surface area contributed by atoms with Crippen LogP contribution in [-0.4, -0.2) is 243 Å². The third-order valence-corrected chi connectivity index (χ3v) is 18.2. The van der Waals surface area contributed by atoms with E-state index in [-0.39, 0.29) is 80.1 Å². The molecule has 16 N–H and O–H groups in total. The Hall–Kier alpha value is -6.91. The first kappa shape index (κ1) is 77.1. The molecule has 0 aliphatic carbocycles. The number of amides is 7. The summed E-state index contributed by atoms with van der Waals surface area (Å²) in [4.78, 5) is 106. The predicted molar refractivity (Wildman–Crippen MR) is 353 cm³/mol. The molecule has 0 spiro atoms. The molecule has 0 bridgehead atoms. The molecule has 0 unspecified atom stereocenters. The van der Waals surface area contributed by atoms with Crippen LogP contribution in [0.4, 0.5) is 5.69 Å². The fourth-order valence-corrected chi connectivity index (χ4v) is 12.8. The number of aliphatic hydroxyl groups is 6. The number of hydrogen-bond acceptors (Lipinski definition) is 23. The summed E-state index contributed by atoms with van der Waals surface area (Å²) < 4.78 is 16.6. The zero-order chi connectivity index (χ0) is 67.0. The Morgan fingerprint density at radius 1 is 0.726 bits per heavy atom. The normalized spacial score (nSPS) is 25.3. The summed E-state index contributed by atoms with van der Waals surface area (Å²) in [5.74, 6) is -8.17. The predicted octanol–water partition coefficient (Wildman–Crippen LogP) is -0.937. The molecular weight excluding hydrogens is 1300 g/mol. The third-order valence-electron chi connectivity index (χ3n) is 17.2. The number of benzene rings is 3. The highest BCUT2D eigenvalue weighted by molar-refractivity contribution is 7.17. The molecule has 0 radical (unpaired) electrons. The molecule has 8 rings (SSSR count). The maximum absolute atomic E-state index is 14.7. The highest BCUT2D eigenvalue weighted by Crippen LogP contribution is 2.34. The van der Waals surface area contributed by atoms with Crippen molar-refractivity contribution < 1.29 is 83.5 Å². The largest absolute Gasteiger partial charge is 0.504 e. The summed E-state index contributed by atoms with van der Waals surface area (Å²) in [7, 11) is 1.70. The van der Waals surface area contributed by atoms with Crippen molar-refractivity contribution in [2.75, 3.05) is 77.7 Å². The number of carbonyl (C=O) groups excluding carboxylic acids is 7. The van der Waals surface area contributed by atoms with Gasteiger partial charge in [0.2, 0.25) is 35.4 Å². The summed E-state index contributed by atoms with van der Waals surface area (Å²) in [6.07, 6.45) is -8.30. The molecule has 32 heteroatoms. The maximum Gasteiger partial charge on any atom is 0.251 e. The highest BCUT2D eigenvalue weighted by atomic mass is 35.5. The van der Waals surface area contributed by atoms with Gasteiger partial charge in [-0.1, -0.05) is 36.5 Å². The van der Waals surface area contributed by atoms with Crippen molar-refractivity contribution >= 4 is 83.2 Å². The first-order chi connectivity index (χ1) is 44.6. The zero-order valence-corrected chi connectivity index (χ0v) is 55.6. The fourth-order valence-electron chi connectivity index (χ4n) is 11.9. The van der Waals surface area contributed by atoms with E-state index < -0.39 is 152 Å². The maximum atomic E-state index is 14.7. The molecule has 4 aromatic rings. The van der Waals surface area contributed by atoms with Crippen molar-refractivity contribution in [2.24, 2.45) is 23.3 Å². The Morgan fingerprint density at radius 2 is 1.36 bits per heavy atom. The lowest BCUT2D eigenvalue weighted by Gasteiger charge is -2.34. The van der Waals surface area contributed by atoms with E-state index in [2.05, 4.69) is 53.8 Å². The minimum absolute atomic E-state index is 0. The Morgan fingerprint density at radius 3 is 2.00 bits per heavy atom. The number of nitrogens with zero attached hydrogens (tertiary/aromatic N) is 5. The number of methoxy groups -OCH3 is 1. The second kappa shape index (κ2) is 36.4. The van der Waals surface area contributed by atoms with Crippen LogP contribution in [0.2, 0.25) is 0 Å². The quantitative estimate of drug-likeness (QED) is 0.0422. The van der Waals surface area contributed by atoms with E-state index >= 15 is 0 Å².